The molecule has 1 aromatic heterocycles. The number of guanidine groups is 1. The fourth-order valence-corrected chi connectivity index (χ4v) is 3.85. The molecular formula is C19H23F3N4OS. The molecule has 0 bridgehead atoms. The lowest BCUT2D eigenvalue weighted by atomic mass is 10.1. The molecule has 1 saturated heterocycles. The number of benzene rings is 1. The van der Waals surface area contributed by atoms with Crippen LogP contribution >= 0.6 is 11.3 Å². The van der Waals surface area contributed by atoms with E-state index >= 15 is 0 Å². The molecule has 1 aliphatic heterocycles. The molecule has 0 saturated carbocycles. The summed E-state index contributed by atoms with van der Waals surface area (Å²) < 4.78 is 43.8. The highest BCUT2D eigenvalue weighted by Crippen LogP contribution is 2.30. The van der Waals surface area contributed by atoms with Crippen molar-refractivity contribution in [2.75, 3.05) is 26.7 Å². The SMILES string of the molecule is CN=C(NCCc1nc(C(F)(F)F)cs1)N1CCC(Oc2ccccc2)CC1. The summed E-state index contributed by atoms with van der Waals surface area (Å²) in [6.07, 6.45) is -2.01. The molecule has 0 aliphatic carbocycles. The number of para-hydroxylation sites is 1. The number of nitrogens with one attached hydrogen (secondary N) is 1. The van der Waals surface area contributed by atoms with E-state index in [1.54, 1.807) is 7.05 Å². The van der Waals surface area contributed by atoms with Crippen LogP contribution in [0.15, 0.2) is 40.7 Å². The Kier molecular flexibility index (Phi) is 6.77. The number of piperidine rings is 1. The van der Waals surface area contributed by atoms with E-state index in [9.17, 15) is 13.2 Å². The fraction of sp³-hybridized carbons (Fsp3) is 0.474. The molecule has 0 atom stereocenters. The summed E-state index contributed by atoms with van der Waals surface area (Å²) in [7, 11) is 1.71. The third-order valence-corrected chi connectivity index (χ3v) is 5.37. The number of thiazole rings is 1. The van der Waals surface area contributed by atoms with E-state index in [2.05, 4.69) is 20.2 Å². The molecule has 1 aliphatic rings. The van der Waals surface area contributed by atoms with E-state index in [1.165, 1.54) is 0 Å². The van der Waals surface area contributed by atoms with Gasteiger partial charge in [-0.25, -0.2) is 4.98 Å². The van der Waals surface area contributed by atoms with Crippen molar-refractivity contribution >= 4 is 17.3 Å². The van der Waals surface area contributed by atoms with Crippen molar-refractivity contribution < 1.29 is 17.9 Å². The van der Waals surface area contributed by atoms with E-state index in [1.807, 2.05) is 30.3 Å². The maximum Gasteiger partial charge on any atom is 0.434 e. The van der Waals surface area contributed by atoms with Crippen LogP contribution in [0.25, 0.3) is 0 Å². The minimum Gasteiger partial charge on any atom is -0.490 e. The van der Waals surface area contributed by atoms with E-state index in [-0.39, 0.29) is 6.10 Å². The lowest BCUT2D eigenvalue weighted by Crippen LogP contribution is -2.47. The Balaban J connectivity index is 1.43. The number of hydrogen-bond donors (Lipinski definition) is 1. The van der Waals surface area contributed by atoms with E-state index in [4.69, 9.17) is 4.74 Å². The number of rotatable bonds is 5. The Bertz CT molecular complexity index is 771. The third kappa shape index (κ3) is 5.60. The third-order valence-electron chi connectivity index (χ3n) is 4.46. The minimum absolute atomic E-state index is 0.174. The van der Waals surface area contributed by atoms with Gasteiger partial charge in [0.05, 0.1) is 5.01 Å². The normalized spacial score (nSPS) is 16.3. The predicted molar refractivity (Wildman–Crippen MR) is 104 cm³/mol. The van der Waals surface area contributed by atoms with Gasteiger partial charge in [0.2, 0.25) is 0 Å². The fourth-order valence-electron chi connectivity index (χ4n) is 3.05. The Morgan fingerprint density at radius 3 is 2.61 bits per heavy atom. The molecule has 0 spiro atoms. The summed E-state index contributed by atoms with van der Waals surface area (Å²) in [5.74, 6) is 1.64. The predicted octanol–water partition coefficient (Wildman–Crippen LogP) is 3.82. The van der Waals surface area contributed by atoms with Crippen molar-refractivity contribution in [2.45, 2.75) is 31.5 Å². The lowest BCUT2D eigenvalue weighted by molar-refractivity contribution is -0.140. The van der Waals surface area contributed by atoms with Gasteiger partial charge < -0.3 is 15.0 Å². The highest BCUT2D eigenvalue weighted by Gasteiger charge is 2.33. The number of aliphatic imine (C=N–C) groups is 1. The molecule has 1 aromatic carbocycles. The first-order chi connectivity index (χ1) is 13.5. The Labute approximate surface area is 166 Å². The number of alkyl halides is 3. The number of aromatic nitrogens is 1. The van der Waals surface area contributed by atoms with Gasteiger partial charge in [-0.3, -0.25) is 4.99 Å². The van der Waals surface area contributed by atoms with Crippen LogP contribution in [0.5, 0.6) is 5.75 Å². The number of nitrogens with zero attached hydrogens (tertiary/aromatic N) is 3. The average Bonchev–Trinajstić information content (AvgIpc) is 3.16. The lowest BCUT2D eigenvalue weighted by Gasteiger charge is -2.34. The quantitative estimate of drug-likeness (QED) is 0.599. The summed E-state index contributed by atoms with van der Waals surface area (Å²) in [5.41, 5.74) is -0.822. The molecule has 152 valence electrons. The first-order valence-electron chi connectivity index (χ1n) is 9.14. The van der Waals surface area contributed by atoms with Crippen molar-refractivity contribution in [3.05, 3.63) is 46.4 Å². The topological polar surface area (TPSA) is 49.8 Å². The highest BCUT2D eigenvalue weighted by molar-refractivity contribution is 7.09. The monoisotopic (exact) mass is 412 g/mol. The second kappa shape index (κ2) is 9.27. The second-order valence-electron chi connectivity index (χ2n) is 6.47. The average molecular weight is 412 g/mol. The molecule has 0 unspecified atom stereocenters. The van der Waals surface area contributed by atoms with Crippen molar-refractivity contribution in [1.82, 2.24) is 15.2 Å². The summed E-state index contributed by atoms with van der Waals surface area (Å²) in [5, 5.41) is 4.74. The van der Waals surface area contributed by atoms with Crippen LogP contribution < -0.4 is 10.1 Å². The number of ether oxygens (including phenoxy) is 1. The second-order valence-corrected chi connectivity index (χ2v) is 7.41. The van der Waals surface area contributed by atoms with Gasteiger partial charge >= 0.3 is 6.18 Å². The van der Waals surface area contributed by atoms with Gasteiger partial charge in [-0.05, 0) is 12.1 Å². The zero-order chi connectivity index (χ0) is 20.0. The smallest absolute Gasteiger partial charge is 0.434 e. The van der Waals surface area contributed by atoms with Crippen molar-refractivity contribution in [3.8, 4) is 5.75 Å². The van der Waals surface area contributed by atoms with Gasteiger partial charge in [-0.15, -0.1) is 11.3 Å². The minimum atomic E-state index is -4.38. The molecule has 28 heavy (non-hydrogen) atoms. The van der Waals surface area contributed by atoms with Gasteiger partial charge in [0.15, 0.2) is 11.7 Å². The molecule has 9 heteroatoms. The van der Waals surface area contributed by atoms with Crippen LogP contribution in [0.4, 0.5) is 13.2 Å². The molecule has 0 amide bonds. The first kappa shape index (κ1) is 20.4. The van der Waals surface area contributed by atoms with Gasteiger partial charge in [0.1, 0.15) is 11.9 Å². The van der Waals surface area contributed by atoms with Gasteiger partial charge in [-0.1, -0.05) is 18.2 Å². The maximum atomic E-state index is 12.6. The number of halogens is 3. The van der Waals surface area contributed by atoms with E-state index in [0.717, 1.165) is 54.4 Å². The zero-order valence-electron chi connectivity index (χ0n) is 15.6. The number of hydrogen-bond acceptors (Lipinski definition) is 4. The van der Waals surface area contributed by atoms with Crippen molar-refractivity contribution in [2.24, 2.45) is 4.99 Å². The largest absolute Gasteiger partial charge is 0.490 e. The zero-order valence-corrected chi connectivity index (χ0v) is 16.4. The maximum absolute atomic E-state index is 12.6. The van der Waals surface area contributed by atoms with E-state index < -0.39 is 11.9 Å². The van der Waals surface area contributed by atoms with Crippen LogP contribution in [0.2, 0.25) is 0 Å². The van der Waals surface area contributed by atoms with Crippen LogP contribution in [0.3, 0.4) is 0 Å². The molecule has 0 radical (unpaired) electrons. The van der Waals surface area contributed by atoms with Crippen LogP contribution in [-0.4, -0.2) is 48.6 Å². The first-order valence-corrected chi connectivity index (χ1v) is 10.0. The van der Waals surface area contributed by atoms with Gasteiger partial charge in [0, 0.05) is 51.3 Å². The summed E-state index contributed by atoms with van der Waals surface area (Å²) in [6, 6.07) is 9.78. The standard InChI is InChI=1S/C19H23F3N4OS/c1-23-18(24-10-7-17-25-16(13-28-17)19(20,21)22)26-11-8-15(9-12-26)27-14-5-3-2-4-6-14/h2-6,13,15H,7-12H2,1H3,(H,23,24). The Hall–Kier alpha value is -2.29. The van der Waals surface area contributed by atoms with Crippen LogP contribution in [0, 0.1) is 0 Å². The summed E-state index contributed by atoms with van der Waals surface area (Å²) in [4.78, 5) is 10.1. The van der Waals surface area contributed by atoms with Gasteiger partial charge in [0.25, 0.3) is 0 Å². The van der Waals surface area contributed by atoms with Crippen molar-refractivity contribution in [1.29, 1.82) is 0 Å². The molecule has 5 nitrogen and oxygen atoms in total. The number of likely N-dealkylation sites (tertiary alicyclic amines) is 1. The van der Waals surface area contributed by atoms with Crippen molar-refractivity contribution in [3.63, 3.8) is 0 Å². The Morgan fingerprint density at radius 1 is 1.29 bits per heavy atom. The summed E-state index contributed by atoms with van der Waals surface area (Å²) in [6.45, 7) is 2.11. The molecule has 1 N–H and O–H groups in total. The molecular weight excluding hydrogens is 389 g/mol. The molecule has 2 aromatic rings. The molecule has 2 heterocycles. The van der Waals surface area contributed by atoms with Gasteiger partial charge in [-0.2, -0.15) is 13.2 Å². The molecule has 1 fully saturated rings. The van der Waals surface area contributed by atoms with Crippen LogP contribution in [-0.2, 0) is 12.6 Å². The Morgan fingerprint density at radius 2 is 2.00 bits per heavy atom. The van der Waals surface area contributed by atoms with E-state index in [0.29, 0.717) is 18.0 Å². The van der Waals surface area contributed by atoms with Crippen LogP contribution in [0.1, 0.15) is 23.5 Å². The summed E-state index contributed by atoms with van der Waals surface area (Å²) >= 11 is 1.03. The molecule has 3 rings (SSSR count). The highest BCUT2D eigenvalue weighted by atomic mass is 32.1.